The fraction of sp³-hybridized carbons (Fsp3) is 0.389. The molecule has 1 aliphatic rings. The summed E-state index contributed by atoms with van der Waals surface area (Å²) in [6.45, 7) is 0.432. The third kappa shape index (κ3) is 4.58. The summed E-state index contributed by atoms with van der Waals surface area (Å²) in [7, 11) is 1.71. The number of aliphatic hydroxyl groups excluding tert-OH is 1. The molecule has 0 bridgehead atoms. The van der Waals surface area contributed by atoms with E-state index in [9.17, 15) is 14.7 Å². The van der Waals surface area contributed by atoms with Crippen LogP contribution in [0.4, 0.5) is 0 Å². The van der Waals surface area contributed by atoms with Crippen molar-refractivity contribution in [2.75, 3.05) is 19.7 Å². The van der Waals surface area contributed by atoms with E-state index in [0.717, 1.165) is 0 Å². The smallest absolute Gasteiger partial charge is 0.269 e. The number of hydrogen-bond acceptors (Lipinski definition) is 5. The standard InChI is InChI=1S/C18H21ClN4O4/c1-22-11-20-8-14(22)18(26)21-13-9-23(7-6-15(13)24)17(25)10-27-16-5-3-2-4-12(16)19/h2-5,8,11,13,15,24H,6-7,9-10H2,1H3,(H,21,26)/t13-,15+/m1/s1. The van der Waals surface area contributed by atoms with Crippen LogP contribution in [-0.4, -0.2) is 63.2 Å². The number of nitrogens with one attached hydrogen (secondary N) is 1. The van der Waals surface area contributed by atoms with Crippen molar-refractivity contribution >= 4 is 23.4 Å². The highest BCUT2D eigenvalue weighted by atomic mass is 35.5. The fourth-order valence-electron chi connectivity index (χ4n) is 2.92. The van der Waals surface area contributed by atoms with E-state index in [1.807, 2.05) is 0 Å². The predicted molar refractivity (Wildman–Crippen MR) is 98.6 cm³/mol. The average molecular weight is 393 g/mol. The third-order valence-corrected chi connectivity index (χ3v) is 4.79. The molecule has 0 unspecified atom stereocenters. The minimum atomic E-state index is -0.726. The maximum atomic E-state index is 12.5. The van der Waals surface area contributed by atoms with Crippen molar-refractivity contribution in [3.63, 3.8) is 0 Å². The Kier molecular flexibility index (Phi) is 5.98. The number of carbonyl (C=O) groups excluding carboxylic acids is 2. The van der Waals surface area contributed by atoms with Crippen molar-refractivity contribution < 1.29 is 19.4 Å². The van der Waals surface area contributed by atoms with Gasteiger partial charge in [0.25, 0.3) is 11.8 Å². The van der Waals surface area contributed by atoms with Crippen LogP contribution in [0.5, 0.6) is 5.75 Å². The molecule has 9 heteroatoms. The number of rotatable bonds is 5. The highest BCUT2D eigenvalue weighted by Gasteiger charge is 2.32. The molecule has 1 aromatic heterocycles. The maximum Gasteiger partial charge on any atom is 0.269 e. The highest BCUT2D eigenvalue weighted by Crippen LogP contribution is 2.23. The first-order chi connectivity index (χ1) is 13.0. The Bertz CT molecular complexity index is 825. The minimum Gasteiger partial charge on any atom is -0.482 e. The van der Waals surface area contributed by atoms with Crippen molar-refractivity contribution in [3.8, 4) is 5.75 Å². The maximum absolute atomic E-state index is 12.5. The SMILES string of the molecule is Cn1cncc1C(=O)N[C@@H]1CN(C(=O)COc2ccccc2Cl)CC[C@@H]1O. The molecule has 2 amide bonds. The number of aryl methyl sites for hydroxylation is 1. The molecule has 1 aromatic carbocycles. The minimum absolute atomic E-state index is 0.164. The van der Waals surface area contributed by atoms with Gasteiger partial charge in [-0.05, 0) is 18.6 Å². The van der Waals surface area contributed by atoms with E-state index in [1.165, 1.54) is 12.5 Å². The molecule has 8 nitrogen and oxygen atoms in total. The van der Waals surface area contributed by atoms with Gasteiger partial charge in [-0.15, -0.1) is 0 Å². The topological polar surface area (TPSA) is 96.7 Å². The van der Waals surface area contributed by atoms with Gasteiger partial charge < -0.3 is 24.6 Å². The molecule has 0 radical (unpaired) electrons. The van der Waals surface area contributed by atoms with Gasteiger partial charge in [0.2, 0.25) is 0 Å². The Morgan fingerprint density at radius 3 is 2.89 bits per heavy atom. The summed E-state index contributed by atoms with van der Waals surface area (Å²) in [5.74, 6) is -0.145. The molecular formula is C18H21ClN4O4. The monoisotopic (exact) mass is 392 g/mol. The summed E-state index contributed by atoms with van der Waals surface area (Å²) in [6, 6.07) is 6.35. The van der Waals surface area contributed by atoms with E-state index >= 15 is 0 Å². The number of likely N-dealkylation sites (tertiary alicyclic amines) is 1. The summed E-state index contributed by atoms with van der Waals surface area (Å²) >= 11 is 6.02. The summed E-state index contributed by atoms with van der Waals surface area (Å²) in [5.41, 5.74) is 0.382. The third-order valence-electron chi connectivity index (χ3n) is 4.48. The molecule has 0 aliphatic carbocycles. The number of benzene rings is 1. The number of halogens is 1. The Labute approximate surface area is 161 Å². The van der Waals surface area contributed by atoms with Crippen LogP contribution in [0.3, 0.4) is 0 Å². The molecular weight excluding hydrogens is 372 g/mol. The van der Waals surface area contributed by atoms with Crippen molar-refractivity contribution in [1.82, 2.24) is 19.8 Å². The van der Waals surface area contributed by atoms with Gasteiger partial charge in [0.1, 0.15) is 11.4 Å². The largest absolute Gasteiger partial charge is 0.482 e. The van der Waals surface area contributed by atoms with E-state index in [2.05, 4.69) is 10.3 Å². The molecule has 2 atom stereocenters. The number of carbonyl (C=O) groups is 2. The zero-order chi connectivity index (χ0) is 19.4. The van der Waals surface area contributed by atoms with E-state index in [0.29, 0.717) is 29.4 Å². The number of aliphatic hydroxyl groups is 1. The van der Waals surface area contributed by atoms with Crippen LogP contribution >= 0.6 is 11.6 Å². The summed E-state index contributed by atoms with van der Waals surface area (Å²) in [5, 5.41) is 13.4. The first-order valence-electron chi connectivity index (χ1n) is 8.56. The Hall–Kier alpha value is -2.58. The Morgan fingerprint density at radius 2 is 2.19 bits per heavy atom. The van der Waals surface area contributed by atoms with Crippen LogP contribution in [-0.2, 0) is 11.8 Å². The molecule has 27 heavy (non-hydrogen) atoms. The molecule has 0 saturated carbocycles. The molecule has 3 rings (SSSR count). The summed E-state index contributed by atoms with van der Waals surface area (Å²) in [4.78, 5) is 30.3. The predicted octanol–water partition coefficient (Wildman–Crippen LogP) is 0.844. The normalized spacial score (nSPS) is 19.6. The van der Waals surface area contributed by atoms with Crippen LogP contribution in [0.1, 0.15) is 16.9 Å². The molecule has 1 fully saturated rings. The second-order valence-electron chi connectivity index (χ2n) is 6.38. The van der Waals surface area contributed by atoms with Gasteiger partial charge in [-0.3, -0.25) is 9.59 Å². The Morgan fingerprint density at radius 1 is 1.41 bits per heavy atom. The van der Waals surface area contributed by atoms with Crippen molar-refractivity contribution in [3.05, 3.63) is 47.5 Å². The number of imidazole rings is 1. The number of amides is 2. The van der Waals surface area contributed by atoms with Crippen LogP contribution < -0.4 is 10.1 Å². The zero-order valence-electron chi connectivity index (χ0n) is 14.8. The van der Waals surface area contributed by atoms with E-state index in [-0.39, 0.29) is 25.0 Å². The first-order valence-corrected chi connectivity index (χ1v) is 8.94. The van der Waals surface area contributed by atoms with Crippen LogP contribution in [0.2, 0.25) is 5.02 Å². The number of hydrogen-bond donors (Lipinski definition) is 2. The molecule has 2 N–H and O–H groups in total. The van der Waals surface area contributed by atoms with Gasteiger partial charge in [0.15, 0.2) is 6.61 Å². The molecule has 2 aromatic rings. The second kappa shape index (κ2) is 8.41. The van der Waals surface area contributed by atoms with Gasteiger partial charge in [-0.1, -0.05) is 23.7 Å². The molecule has 1 saturated heterocycles. The second-order valence-corrected chi connectivity index (χ2v) is 6.79. The van der Waals surface area contributed by atoms with Gasteiger partial charge in [-0.25, -0.2) is 4.98 Å². The van der Waals surface area contributed by atoms with E-state index in [1.54, 1.807) is 40.8 Å². The van der Waals surface area contributed by atoms with Crippen molar-refractivity contribution in [1.29, 1.82) is 0 Å². The van der Waals surface area contributed by atoms with Crippen molar-refractivity contribution in [2.24, 2.45) is 7.05 Å². The lowest BCUT2D eigenvalue weighted by Crippen LogP contribution is -2.57. The average Bonchev–Trinajstić information content (AvgIpc) is 3.08. The zero-order valence-corrected chi connectivity index (χ0v) is 15.6. The number of aromatic nitrogens is 2. The van der Waals surface area contributed by atoms with Crippen LogP contribution in [0, 0.1) is 0 Å². The lowest BCUT2D eigenvalue weighted by molar-refractivity contribution is -0.136. The highest BCUT2D eigenvalue weighted by molar-refractivity contribution is 6.32. The number of ether oxygens (including phenoxy) is 1. The summed E-state index contributed by atoms with van der Waals surface area (Å²) < 4.78 is 7.07. The van der Waals surface area contributed by atoms with Crippen LogP contribution in [0.15, 0.2) is 36.8 Å². The van der Waals surface area contributed by atoms with Gasteiger partial charge >= 0.3 is 0 Å². The molecule has 2 heterocycles. The first kappa shape index (κ1) is 19.2. The van der Waals surface area contributed by atoms with Crippen molar-refractivity contribution in [2.45, 2.75) is 18.6 Å². The Balaban J connectivity index is 1.57. The quantitative estimate of drug-likeness (QED) is 0.786. The lowest BCUT2D eigenvalue weighted by atomic mass is 10.0. The molecule has 1 aliphatic heterocycles. The lowest BCUT2D eigenvalue weighted by Gasteiger charge is -2.36. The number of para-hydroxylation sites is 1. The summed E-state index contributed by atoms with van der Waals surface area (Å²) in [6.07, 6.45) is 2.61. The molecule has 0 spiro atoms. The van der Waals surface area contributed by atoms with Gasteiger partial charge in [0, 0.05) is 20.1 Å². The van der Waals surface area contributed by atoms with E-state index < -0.39 is 12.1 Å². The van der Waals surface area contributed by atoms with E-state index in [4.69, 9.17) is 16.3 Å². The van der Waals surface area contributed by atoms with Gasteiger partial charge in [-0.2, -0.15) is 0 Å². The van der Waals surface area contributed by atoms with Gasteiger partial charge in [0.05, 0.1) is 29.7 Å². The molecule has 144 valence electrons. The fourth-order valence-corrected chi connectivity index (χ4v) is 3.11. The number of piperidine rings is 1. The van der Waals surface area contributed by atoms with Crippen LogP contribution in [0.25, 0.3) is 0 Å². The number of nitrogens with zero attached hydrogens (tertiary/aromatic N) is 3.